The van der Waals surface area contributed by atoms with E-state index < -0.39 is 5.97 Å². The van der Waals surface area contributed by atoms with Crippen LogP contribution < -0.4 is 0 Å². The van der Waals surface area contributed by atoms with Gasteiger partial charge in [0.05, 0.1) is 0 Å². The molecule has 0 heterocycles. The van der Waals surface area contributed by atoms with Crippen LogP contribution in [-0.4, -0.2) is 11.1 Å². The molecule has 1 radical (unpaired) electrons. The third kappa shape index (κ3) is 15.5. The van der Waals surface area contributed by atoms with Gasteiger partial charge in [-0.1, -0.05) is 77.6 Å². The van der Waals surface area contributed by atoms with Gasteiger partial charge in [-0.15, -0.1) is 0 Å². The molecule has 18 heavy (non-hydrogen) atoms. The minimum atomic E-state index is -0.686. The molecule has 0 spiro atoms. The molecule has 0 rings (SSSR count). The summed E-state index contributed by atoms with van der Waals surface area (Å²) in [6.45, 7) is 2.26. The maximum atomic E-state index is 10.3. The summed E-state index contributed by atoms with van der Waals surface area (Å²) < 4.78 is 0. The molecule has 0 aromatic rings. The number of carboxylic acids is 1. The summed E-state index contributed by atoms with van der Waals surface area (Å²) in [6.07, 6.45) is 17.8. The largest absolute Gasteiger partial charge is 0.481 e. The number of unbranched alkanes of at least 4 members (excludes halogenated alkanes) is 12. The van der Waals surface area contributed by atoms with Gasteiger partial charge in [-0.05, 0) is 12.8 Å². The number of carboxylic acid groups (broad SMARTS) is 1. The highest BCUT2D eigenvalue weighted by Gasteiger charge is 1.97. The Kier molecular flexibility index (Phi) is 14.1. The van der Waals surface area contributed by atoms with Crippen LogP contribution in [0.1, 0.15) is 90.4 Å². The maximum absolute atomic E-state index is 10.3. The Labute approximate surface area is 113 Å². The lowest BCUT2D eigenvalue weighted by atomic mass is 10.0. The molecule has 0 atom stereocenters. The second-order valence-electron chi connectivity index (χ2n) is 5.19. The third-order valence-corrected chi connectivity index (χ3v) is 3.32. The maximum Gasteiger partial charge on any atom is 0.303 e. The molecule has 2 nitrogen and oxygen atoms in total. The highest BCUT2D eigenvalue weighted by molar-refractivity contribution is 5.66. The smallest absolute Gasteiger partial charge is 0.303 e. The second kappa shape index (κ2) is 14.5. The summed E-state index contributed by atoms with van der Waals surface area (Å²) in [7, 11) is 0. The van der Waals surface area contributed by atoms with Crippen LogP contribution >= 0.6 is 0 Å². The van der Waals surface area contributed by atoms with Gasteiger partial charge in [0.25, 0.3) is 0 Å². The Balaban J connectivity index is 2.92. The topological polar surface area (TPSA) is 37.3 Å². The van der Waals surface area contributed by atoms with Crippen LogP contribution in [0.25, 0.3) is 0 Å². The van der Waals surface area contributed by atoms with Crippen molar-refractivity contribution in [2.24, 2.45) is 0 Å². The first kappa shape index (κ1) is 17.5. The van der Waals surface area contributed by atoms with Crippen LogP contribution in [-0.2, 0) is 4.79 Å². The van der Waals surface area contributed by atoms with E-state index in [1.54, 1.807) is 0 Å². The molecule has 0 aliphatic carbocycles. The Bertz CT molecular complexity index is 178. The van der Waals surface area contributed by atoms with Crippen molar-refractivity contribution in [2.45, 2.75) is 90.4 Å². The van der Waals surface area contributed by atoms with E-state index in [-0.39, 0.29) is 6.42 Å². The van der Waals surface area contributed by atoms with Crippen LogP contribution in [0.4, 0.5) is 0 Å². The summed E-state index contributed by atoms with van der Waals surface area (Å²) in [5.74, 6) is -0.686. The van der Waals surface area contributed by atoms with Gasteiger partial charge >= 0.3 is 5.97 Å². The predicted octanol–water partition coefficient (Wildman–Crippen LogP) is 5.37. The van der Waals surface area contributed by atoms with Gasteiger partial charge in [-0.2, -0.15) is 0 Å². The monoisotopic (exact) mass is 255 g/mol. The molecule has 107 valence electrons. The van der Waals surface area contributed by atoms with Crippen molar-refractivity contribution in [3.8, 4) is 0 Å². The summed E-state index contributed by atoms with van der Waals surface area (Å²) in [5.41, 5.74) is 0. The van der Waals surface area contributed by atoms with E-state index in [0.29, 0.717) is 0 Å². The molecule has 2 heteroatoms. The molecule has 0 fully saturated rings. The van der Waals surface area contributed by atoms with E-state index in [4.69, 9.17) is 5.11 Å². The summed E-state index contributed by atoms with van der Waals surface area (Å²) in [6, 6.07) is 0. The first-order chi connectivity index (χ1) is 8.77. The molecule has 0 aromatic heterocycles. The normalized spacial score (nSPS) is 10.7. The zero-order chi connectivity index (χ0) is 13.5. The van der Waals surface area contributed by atoms with Crippen molar-refractivity contribution in [3.05, 3.63) is 6.42 Å². The number of hydrogen-bond donors (Lipinski definition) is 1. The minimum absolute atomic E-state index is 0.289. The fourth-order valence-corrected chi connectivity index (χ4v) is 2.15. The summed E-state index contributed by atoms with van der Waals surface area (Å²) in [5, 5.41) is 8.47. The van der Waals surface area contributed by atoms with Crippen LogP contribution in [0, 0.1) is 6.42 Å². The van der Waals surface area contributed by atoms with Crippen LogP contribution in [0.3, 0.4) is 0 Å². The van der Waals surface area contributed by atoms with E-state index in [1.165, 1.54) is 64.2 Å². The van der Waals surface area contributed by atoms with Gasteiger partial charge in [0.1, 0.15) is 0 Å². The fourth-order valence-electron chi connectivity index (χ4n) is 2.15. The number of rotatable bonds is 14. The van der Waals surface area contributed by atoms with Crippen LogP contribution in [0.5, 0.6) is 0 Å². The van der Waals surface area contributed by atoms with Crippen molar-refractivity contribution in [1.29, 1.82) is 0 Å². The molecule has 0 aliphatic heterocycles. The molecule has 0 saturated heterocycles. The minimum Gasteiger partial charge on any atom is -0.481 e. The van der Waals surface area contributed by atoms with E-state index in [9.17, 15) is 4.79 Å². The van der Waals surface area contributed by atoms with Crippen molar-refractivity contribution in [1.82, 2.24) is 0 Å². The van der Waals surface area contributed by atoms with Gasteiger partial charge in [-0.3, -0.25) is 4.79 Å². The lowest BCUT2D eigenvalue weighted by Gasteiger charge is -2.02. The molecule has 0 aliphatic rings. The second-order valence-corrected chi connectivity index (χ2v) is 5.19. The molecule has 0 saturated carbocycles. The predicted molar refractivity (Wildman–Crippen MR) is 77.6 cm³/mol. The van der Waals surface area contributed by atoms with Crippen molar-refractivity contribution in [3.63, 3.8) is 0 Å². The van der Waals surface area contributed by atoms with E-state index in [2.05, 4.69) is 13.3 Å². The average molecular weight is 255 g/mol. The lowest BCUT2D eigenvalue weighted by Crippen LogP contribution is -1.93. The Hall–Kier alpha value is -0.530. The quantitative estimate of drug-likeness (QED) is 0.424. The first-order valence-electron chi connectivity index (χ1n) is 7.80. The number of aliphatic carboxylic acids is 1. The Morgan fingerprint density at radius 2 is 1.33 bits per heavy atom. The van der Waals surface area contributed by atoms with Crippen molar-refractivity contribution in [2.75, 3.05) is 0 Å². The highest BCUT2D eigenvalue weighted by atomic mass is 16.4. The van der Waals surface area contributed by atoms with Crippen LogP contribution in [0.2, 0.25) is 0 Å². The van der Waals surface area contributed by atoms with Gasteiger partial charge in [-0.25, -0.2) is 0 Å². The molecule has 0 unspecified atom stereocenters. The number of carbonyl (C=O) groups is 1. The molecule has 0 amide bonds. The summed E-state index contributed by atoms with van der Waals surface area (Å²) >= 11 is 0. The lowest BCUT2D eigenvalue weighted by molar-refractivity contribution is -0.136. The molecular formula is C16H31O2. The Morgan fingerprint density at radius 1 is 0.833 bits per heavy atom. The average Bonchev–Trinajstić information content (AvgIpc) is 2.34. The van der Waals surface area contributed by atoms with E-state index >= 15 is 0 Å². The molecule has 0 aromatic carbocycles. The van der Waals surface area contributed by atoms with Gasteiger partial charge in [0, 0.05) is 6.42 Å². The standard InChI is InChI=1S/C16H31O2/c1-2-3-4-5-6-7-8-9-10-11-12-13-14-15-16(17)18/h13H,2-12,14-15H2,1H3,(H,17,18). The van der Waals surface area contributed by atoms with Gasteiger partial charge in [0.2, 0.25) is 0 Å². The molecule has 0 bridgehead atoms. The van der Waals surface area contributed by atoms with Crippen LogP contribution in [0.15, 0.2) is 0 Å². The third-order valence-electron chi connectivity index (χ3n) is 3.32. The summed E-state index contributed by atoms with van der Waals surface area (Å²) in [4.78, 5) is 10.3. The Morgan fingerprint density at radius 3 is 1.83 bits per heavy atom. The van der Waals surface area contributed by atoms with Gasteiger partial charge in [0.15, 0.2) is 0 Å². The zero-order valence-electron chi connectivity index (χ0n) is 12.1. The van der Waals surface area contributed by atoms with E-state index in [0.717, 1.165) is 12.8 Å². The first-order valence-corrected chi connectivity index (χ1v) is 7.80. The fraction of sp³-hybridized carbons (Fsp3) is 0.875. The SMILES string of the molecule is CCCCCCCCCCCC[CH]CCC(=O)O. The van der Waals surface area contributed by atoms with Gasteiger partial charge < -0.3 is 5.11 Å². The molecule has 1 N–H and O–H groups in total. The van der Waals surface area contributed by atoms with Crippen molar-refractivity contribution >= 4 is 5.97 Å². The molecular weight excluding hydrogens is 224 g/mol. The highest BCUT2D eigenvalue weighted by Crippen LogP contribution is 2.12. The van der Waals surface area contributed by atoms with Crippen molar-refractivity contribution < 1.29 is 9.90 Å². The number of hydrogen-bond acceptors (Lipinski definition) is 1. The zero-order valence-corrected chi connectivity index (χ0v) is 12.1. The van der Waals surface area contributed by atoms with E-state index in [1.807, 2.05) is 0 Å².